The van der Waals surface area contributed by atoms with Gasteiger partial charge in [0.05, 0.1) is 6.20 Å². The highest BCUT2D eigenvalue weighted by Crippen LogP contribution is 2.29. The van der Waals surface area contributed by atoms with Crippen LogP contribution in [0.1, 0.15) is 18.4 Å². The van der Waals surface area contributed by atoms with Crippen molar-refractivity contribution in [1.29, 1.82) is 0 Å². The molecule has 30 heavy (non-hydrogen) atoms. The summed E-state index contributed by atoms with van der Waals surface area (Å²) >= 11 is 0. The number of anilines is 2. The van der Waals surface area contributed by atoms with E-state index in [0.717, 1.165) is 18.7 Å². The minimum atomic E-state index is -0.921. The Bertz CT molecular complexity index is 1080. The van der Waals surface area contributed by atoms with Crippen molar-refractivity contribution in [2.24, 2.45) is 0 Å². The summed E-state index contributed by atoms with van der Waals surface area (Å²) in [4.78, 5) is 42.6. The first-order chi connectivity index (χ1) is 14.5. The van der Waals surface area contributed by atoms with E-state index in [2.05, 4.69) is 21.0 Å². The number of nitrogens with one attached hydrogen (secondary N) is 3. The summed E-state index contributed by atoms with van der Waals surface area (Å²) in [5.74, 6) is 0.982. The monoisotopic (exact) mass is 412 g/mol. The molecule has 1 saturated carbocycles. The molecule has 3 fully saturated rings. The number of aromatic nitrogens is 3. The van der Waals surface area contributed by atoms with Gasteiger partial charge in [0.2, 0.25) is 0 Å². The standard InChI is InChI=1S/C18H20N8O4/c27-16-12(21-17(28)23-16)7-10-9-19-26-14(20-11-1-2-11)8-13(22-15(10)26)24-3-5-25(6-4-24)18(29)30/h7-9,11,20H,1-6H2,(H,29,30)(H2,21,23,27,28)/b12-7-. The molecule has 12 nitrogen and oxygen atoms in total. The number of carbonyl (C=O) groups is 3. The Kier molecular flexibility index (Phi) is 4.19. The van der Waals surface area contributed by atoms with E-state index in [-0.39, 0.29) is 5.70 Å². The summed E-state index contributed by atoms with van der Waals surface area (Å²) in [6.45, 7) is 1.86. The maximum Gasteiger partial charge on any atom is 0.407 e. The molecule has 0 bridgehead atoms. The minimum Gasteiger partial charge on any atom is -0.465 e. The van der Waals surface area contributed by atoms with Gasteiger partial charge in [0.1, 0.15) is 17.3 Å². The van der Waals surface area contributed by atoms with Gasteiger partial charge in [-0.3, -0.25) is 10.1 Å². The lowest BCUT2D eigenvalue weighted by Crippen LogP contribution is -2.48. The highest BCUT2D eigenvalue weighted by molar-refractivity contribution is 6.14. The number of fused-ring (bicyclic) bond motifs is 1. The minimum absolute atomic E-state index is 0.133. The number of hydrogen-bond acceptors (Lipinski definition) is 7. The van der Waals surface area contributed by atoms with Crippen LogP contribution in [0.25, 0.3) is 11.7 Å². The predicted molar refractivity (Wildman–Crippen MR) is 106 cm³/mol. The van der Waals surface area contributed by atoms with Crippen molar-refractivity contribution in [3.05, 3.63) is 23.5 Å². The molecule has 4 N–H and O–H groups in total. The van der Waals surface area contributed by atoms with Crippen LogP contribution in [0.3, 0.4) is 0 Å². The fraction of sp³-hybridized carbons (Fsp3) is 0.389. The van der Waals surface area contributed by atoms with Gasteiger partial charge in [-0.1, -0.05) is 0 Å². The lowest BCUT2D eigenvalue weighted by atomic mass is 10.2. The Morgan fingerprint density at radius 2 is 1.97 bits per heavy atom. The fourth-order valence-corrected chi connectivity index (χ4v) is 3.54. The van der Waals surface area contributed by atoms with Crippen molar-refractivity contribution >= 4 is 41.4 Å². The van der Waals surface area contributed by atoms with Crippen LogP contribution in [0.4, 0.5) is 21.2 Å². The van der Waals surface area contributed by atoms with Crippen LogP contribution in [0.2, 0.25) is 0 Å². The van der Waals surface area contributed by atoms with Crippen LogP contribution in [0, 0.1) is 0 Å². The predicted octanol–water partition coefficient (Wildman–Crippen LogP) is 0.284. The van der Waals surface area contributed by atoms with Crippen molar-refractivity contribution in [3.8, 4) is 0 Å². The van der Waals surface area contributed by atoms with Crippen molar-refractivity contribution < 1.29 is 19.5 Å². The Morgan fingerprint density at radius 3 is 2.60 bits per heavy atom. The van der Waals surface area contributed by atoms with Gasteiger partial charge in [0.25, 0.3) is 5.91 Å². The number of rotatable bonds is 4. The van der Waals surface area contributed by atoms with E-state index in [1.807, 2.05) is 11.0 Å². The number of nitrogens with zero attached hydrogens (tertiary/aromatic N) is 5. The van der Waals surface area contributed by atoms with Gasteiger partial charge in [-0.25, -0.2) is 14.6 Å². The molecule has 0 unspecified atom stereocenters. The lowest BCUT2D eigenvalue weighted by molar-refractivity contribution is -0.115. The van der Waals surface area contributed by atoms with E-state index >= 15 is 0 Å². The summed E-state index contributed by atoms with van der Waals surface area (Å²) in [6, 6.07) is 1.73. The number of carbonyl (C=O) groups excluding carboxylic acids is 2. The maximum atomic E-state index is 11.9. The second-order valence-corrected chi connectivity index (χ2v) is 7.48. The van der Waals surface area contributed by atoms with Crippen LogP contribution < -0.4 is 20.9 Å². The zero-order valence-corrected chi connectivity index (χ0v) is 16.0. The Morgan fingerprint density at radius 1 is 1.20 bits per heavy atom. The van der Waals surface area contributed by atoms with Gasteiger partial charge in [0, 0.05) is 43.9 Å². The van der Waals surface area contributed by atoms with Crippen LogP contribution in [0.5, 0.6) is 0 Å². The van der Waals surface area contributed by atoms with E-state index in [4.69, 9.17) is 4.98 Å². The Balaban J connectivity index is 1.51. The summed E-state index contributed by atoms with van der Waals surface area (Å²) < 4.78 is 1.68. The molecule has 0 atom stereocenters. The largest absolute Gasteiger partial charge is 0.465 e. The molecular weight excluding hydrogens is 392 g/mol. The van der Waals surface area contributed by atoms with Gasteiger partial charge >= 0.3 is 12.1 Å². The quantitative estimate of drug-likeness (QED) is 0.414. The number of imide groups is 1. The van der Waals surface area contributed by atoms with Crippen LogP contribution in [-0.4, -0.2) is 74.9 Å². The first kappa shape index (κ1) is 18.2. The Hall–Kier alpha value is -3.83. The van der Waals surface area contributed by atoms with E-state index in [0.29, 0.717) is 49.2 Å². The molecule has 2 aliphatic heterocycles. The number of piperazine rings is 1. The second-order valence-electron chi connectivity index (χ2n) is 7.48. The number of carboxylic acid groups (broad SMARTS) is 1. The molecule has 2 aromatic rings. The molecule has 12 heteroatoms. The summed E-state index contributed by atoms with van der Waals surface area (Å²) in [5, 5.41) is 21.7. The third-order valence-electron chi connectivity index (χ3n) is 5.31. The molecule has 0 spiro atoms. The SMILES string of the molecule is O=C1NC(=O)/C(=C/c2cnn3c(NC4CC4)cc(N4CCN(C(=O)O)CC4)nc23)N1. The molecule has 5 rings (SSSR count). The number of urea groups is 1. The molecule has 0 aromatic carbocycles. The van der Waals surface area contributed by atoms with E-state index in [1.54, 1.807) is 16.8 Å². The first-order valence-corrected chi connectivity index (χ1v) is 9.70. The van der Waals surface area contributed by atoms with Gasteiger partial charge in [-0.2, -0.15) is 9.61 Å². The van der Waals surface area contributed by atoms with Gasteiger partial charge < -0.3 is 25.5 Å². The highest BCUT2D eigenvalue weighted by atomic mass is 16.4. The summed E-state index contributed by atoms with van der Waals surface area (Å²) in [5.41, 5.74) is 1.26. The van der Waals surface area contributed by atoms with Crippen molar-refractivity contribution in [1.82, 2.24) is 30.1 Å². The van der Waals surface area contributed by atoms with E-state index in [1.165, 1.54) is 4.90 Å². The van der Waals surface area contributed by atoms with Gasteiger partial charge in [-0.15, -0.1) is 0 Å². The first-order valence-electron chi connectivity index (χ1n) is 9.70. The molecular formula is C18H20N8O4. The number of amides is 4. The summed E-state index contributed by atoms with van der Waals surface area (Å²) in [7, 11) is 0. The molecule has 0 radical (unpaired) electrons. The average Bonchev–Trinajstić information content (AvgIpc) is 3.36. The van der Waals surface area contributed by atoms with Crippen LogP contribution in [-0.2, 0) is 4.79 Å². The van der Waals surface area contributed by atoms with Gasteiger partial charge in [-0.05, 0) is 18.9 Å². The van der Waals surface area contributed by atoms with Crippen molar-refractivity contribution in [3.63, 3.8) is 0 Å². The second kappa shape index (κ2) is 6.90. The smallest absolute Gasteiger partial charge is 0.407 e. The molecule has 4 amide bonds. The normalized spacial score (nSPS) is 20.6. The highest BCUT2D eigenvalue weighted by Gasteiger charge is 2.27. The van der Waals surface area contributed by atoms with E-state index in [9.17, 15) is 19.5 Å². The van der Waals surface area contributed by atoms with Crippen molar-refractivity contribution in [2.75, 3.05) is 36.4 Å². The molecule has 1 aliphatic carbocycles. The molecule has 2 saturated heterocycles. The third kappa shape index (κ3) is 3.36. The zero-order chi connectivity index (χ0) is 20.8. The maximum absolute atomic E-state index is 11.9. The Labute approximate surface area is 170 Å². The lowest BCUT2D eigenvalue weighted by Gasteiger charge is -2.34. The van der Waals surface area contributed by atoms with Crippen LogP contribution in [0.15, 0.2) is 18.0 Å². The average molecular weight is 412 g/mol. The zero-order valence-electron chi connectivity index (χ0n) is 16.0. The number of hydrogen-bond donors (Lipinski definition) is 4. The molecule has 156 valence electrons. The topological polar surface area (TPSA) is 144 Å². The van der Waals surface area contributed by atoms with Crippen LogP contribution >= 0.6 is 0 Å². The summed E-state index contributed by atoms with van der Waals surface area (Å²) in [6.07, 6.45) is 4.39. The molecule has 3 aliphatic rings. The molecule has 2 aromatic heterocycles. The third-order valence-corrected chi connectivity index (χ3v) is 5.31. The van der Waals surface area contributed by atoms with Gasteiger partial charge in [0.15, 0.2) is 5.65 Å². The molecule has 4 heterocycles. The fourth-order valence-electron chi connectivity index (χ4n) is 3.54. The van der Waals surface area contributed by atoms with Crippen molar-refractivity contribution in [2.45, 2.75) is 18.9 Å². The van der Waals surface area contributed by atoms with E-state index < -0.39 is 18.0 Å².